The minimum Gasteiger partial charge on any atom is -0.459 e. The Kier molecular flexibility index (Phi) is 22.7. The third kappa shape index (κ3) is 14.9. The highest BCUT2D eigenvalue weighted by Gasteiger charge is 2.55. The van der Waals surface area contributed by atoms with Crippen LogP contribution in [0.5, 0.6) is 0 Å². The Morgan fingerprint density at radius 1 is 0.935 bits per heavy atom. The molecule has 0 aliphatic carbocycles. The Morgan fingerprint density at radius 3 is 2.17 bits per heavy atom. The molecule has 22 heteroatoms. The van der Waals surface area contributed by atoms with E-state index in [4.69, 9.17) is 33.2 Å². The van der Waals surface area contributed by atoms with E-state index >= 15 is 0 Å². The molecule has 3 aliphatic heterocycles. The number of ketones is 1. The number of halogens is 1. The molecule has 20 atom stereocenters. The predicted octanol–water partition coefficient (Wildman–Crippen LogP) is 3.42. The Bertz CT molecular complexity index is 2210. The zero-order valence-electron chi connectivity index (χ0n) is 48.0. The Balaban J connectivity index is 1.41. The van der Waals surface area contributed by atoms with Gasteiger partial charge in [0.15, 0.2) is 12.6 Å². The van der Waals surface area contributed by atoms with Crippen molar-refractivity contribution in [2.45, 2.75) is 211 Å². The first-order chi connectivity index (χ1) is 36.1. The van der Waals surface area contributed by atoms with E-state index < -0.39 is 139 Å². The summed E-state index contributed by atoms with van der Waals surface area (Å²) in [5, 5.41) is 69.5. The molecular formula is C55H91FN6O15. The van der Waals surface area contributed by atoms with E-state index in [2.05, 4.69) is 15.6 Å². The fraction of sp³-hybridized carbons (Fsp3) is 0.800. The lowest BCUT2D eigenvalue weighted by Gasteiger charge is -2.50. The summed E-state index contributed by atoms with van der Waals surface area (Å²) in [4.78, 5) is 46.2. The molecule has 6 N–H and O–H groups in total. The largest absolute Gasteiger partial charge is 0.459 e. The van der Waals surface area contributed by atoms with E-state index in [1.165, 1.54) is 21.1 Å². The molecule has 1 aromatic carbocycles. The van der Waals surface area contributed by atoms with Crippen molar-refractivity contribution in [3.63, 3.8) is 0 Å². The Labute approximate surface area is 454 Å². The summed E-state index contributed by atoms with van der Waals surface area (Å²) >= 11 is 0. The number of esters is 1. The number of nitrogens with one attached hydrogen (secondary N) is 1. The van der Waals surface area contributed by atoms with Gasteiger partial charge in [0.2, 0.25) is 5.91 Å². The minimum atomic E-state index is -2.00. The zero-order chi connectivity index (χ0) is 57.5. The van der Waals surface area contributed by atoms with Crippen molar-refractivity contribution < 1.29 is 77.5 Å². The number of hydrogen-bond acceptors (Lipinski definition) is 19. The van der Waals surface area contributed by atoms with Crippen molar-refractivity contribution in [1.29, 1.82) is 0 Å². The number of carbonyl (C=O) groups is 3. The molecule has 3 fully saturated rings. The highest BCUT2D eigenvalue weighted by Crippen LogP contribution is 2.42. The van der Waals surface area contributed by atoms with Gasteiger partial charge >= 0.3 is 5.97 Å². The summed E-state index contributed by atoms with van der Waals surface area (Å²) in [5.74, 6) is -5.56. The monoisotopic (exact) mass is 1090 g/mol. The number of carbonyl (C=O) groups excluding carboxylic acids is 3. The van der Waals surface area contributed by atoms with Gasteiger partial charge in [0.1, 0.15) is 42.5 Å². The first-order valence-electron chi connectivity index (χ1n) is 27.2. The molecule has 1 aromatic heterocycles. The summed E-state index contributed by atoms with van der Waals surface area (Å²) in [7, 11) is 8.52. The van der Waals surface area contributed by atoms with E-state index in [1.807, 2.05) is 25.9 Å². The molecule has 4 heterocycles. The van der Waals surface area contributed by atoms with Crippen molar-refractivity contribution in [3.8, 4) is 5.69 Å². The Morgan fingerprint density at radius 2 is 1.58 bits per heavy atom. The first-order valence-corrected chi connectivity index (χ1v) is 27.2. The number of Topliss-reactive ketones (excluding diaryl/α,β-unsaturated/α-hetero) is 1. The molecule has 3 saturated heterocycles. The van der Waals surface area contributed by atoms with Gasteiger partial charge in [-0.25, -0.2) is 9.07 Å². The number of likely N-dealkylation sites (N-methyl/N-ethyl adjacent to an activating group) is 1. The van der Waals surface area contributed by atoms with Gasteiger partial charge < -0.3 is 73.8 Å². The maximum Gasteiger partial charge on any atom is 0.311 e. The fourth-order valence-electron chi connectivity index (χ4n) is 11.6. The number of benzene rings is 1. The van der Waals surface area contributed by atoms with E-state index in [0.29, 0.717) is 24.2 Å². The second-order valence-electron chi connectivity index (χ2n) is 22.8. The molecule has 2 aromatic rings. The second kappa shape index (κ2) is 27.2. The zero-order valence-corrected chi connectivity index (χ0v) is 48.0. The number of alkyl halides is 1. The van der Waals surface area contributed by atoms with Crippen LogP contribution in [-0.2, 0) is 54.1 Å². The number of hydrogen-bond donors (Lipinski definition) is 6. The van der Waals surface area contributed by atoms with Crippen molar-refractivity contribution >= 4 is 17.7 Å². The number of aromatic nitrogens is 3. The topological polar surface area (TPSA) is 266 Å². The van der Waals surface area contributed by atoms with Crippen LogP contribution in [0.3, 0.4) is 0 Å². The molecule has 0 bridgehead atoms. The van der Waals surface area contributed by atoms with Crippen LogP contribution in [0, 0.1) is 23.7 Å². The average molecular weight is 1100 g/mol. The van der Waals surface area contributed by atoms with Crippen LogP contribution >= 0.6 is 0 Å². The van der Waals surface area contributed by atoms with Crippen LogP contribution in [0.2, 0.25) is 0 Å². The summed E-state index contributed by atoms with van der Waals surface area (Å²) < 4.78 is 60.8. The van der Waals surface area contributed by atoms with Gasteiger partial charge in [-0.1, -0.05) is 52.0 Å². The van der Waals surface area contributed by atoms with Gasteiger partial charge in [0, 0.05) is 63.9 Å². The molecule has 1 amide bonds. The summed E-state index contributed by atoms with van der Waals surface area (Å²) in [6, 6.07) is 4.82. The molecule has 438 valence electrons. The third-order valence-corrected chi connectivity index (χ3v) is 16.7. The van der Waals surface area contributed by atoms with Crippen molar-refractivity contribution in [2.75, 3.05) is 48.6 Å². The number of amides is 1. The quantitative estimate of drug-likeness (QED) is 0.110. The number of methoxy groups -OCH3 is 2. The SMILES string of the molecule is CC[C@H]1OC(=O)[C@H](C)[C@@H](OC2C[C@@](C)(OC)[C@@H](O)[C@H](C)O2)[C@H](C)[C@@H](O[C@@H]2O[C@H](C)C[C@H](N(C)CCC(=O)N[C@H](CF)[C@H](O)c3ccc(-n4cc(CN(C)C)nn4)cc3)[C@H]2O)[C@](C)(OC)C[C@@H](C)C(=O)[C@H](C)[C@@H](O)[C@@]1(O)CC. The van der Waals surface area contributed by atoms with Crippen LogP contribution in [0.25, 0.3) is 5.69 Å². The molecule has 0 radical (unpaired) electrons. The van der Waals surface area contributed by atoms with Gasteiger partial charge in [-0.15, -0.1) is 5.10 Å². The number of cyclic esters (lactones) is 1. The maximum atomic E-state index is 14.6. The van der Waals surface area contributed by atoms with Gasteiger partial charge in [0.25, 0.3) is 0 Å². The second-order valence-corrected chi connectivity index (χ2v) is 22.8. The number of aliphatic hydroxyl groups is 5. The van der Waals surface area contributed by atoms with Crippen LogP contribution in [0.4, 0.5) is 4.39 Å². The normalized spacial score (nSPS) is 37.8. The molecule has 77 heavy (non-hydrogen) atoms. The lowest BCUT2D eigenvalue weighted by molar-refractivity contribution is -0.319. The van der Waals surface area contributed by atoms with Crippen LogP contribution < -0.4 is 5.32 Å². The molecule has 5 rings (SSSR count). The molecule has 21 nitrogen and oxygen atoms in total. The highest BCUT2D eigenvalue weighted by atomic mass is 19.1. The first kappa shape index (κ1) is 64.2. The molecular weight excluding hydrogens is 1000 g/mol. The predicted molar refractivity (Wildman–Crippen MR) is 281 cm³/mol. The van der Waals surface area contributed by atoms with Gasteiger partial charge in [-0.3, -0.25) is 14.4 Å². The molecule has 1 unspecified atom stereocenters. The van der Waals surface area contributed by atoms with Gasteiger partial charge in [0.05, 0.1) is 71.3 Å². The lowest BCUT2D eigenvalue weighted by Crippen LogP contribution is -2.62. The van der Waals surface area contributed by atoms with Crippen molar-refractivity contribution in [3.05, 3.63) is 41.7 Å². The smallest absolute Gasteiger partial charge is 0.311 e. The van der Waals surface area contributed by atoms with E-state index in [0.717, 1.165) is 5.69 Å². The standard InChI is InChI=1S/C55H91FN6O15/c1-16-41-55(70,17-2)48(67)32(5)44(64)30(3)25-54(10,72-15)50(33(6)47(34(7)51(69)75-41)76-43-26-53(9,71-14)49(68)35(8)74-43)77-52-46(66)40(24-31(4)73-52)61(13)23-22-42(63)57-39(27-56)45(65)36-18-20-38(21-19-36)62-29-37(58-59-62)28-60(11)12/h18-21,29-35,39-41,43,45-50,52,65-68,70H,16-17,22-28H2,1-15H3,(H,57,63)/t30-,31-,32+,33+,34-,35+,39-,40+,41-,43?,45-,46-,47+,48-,49+,50-,52+,53-,54-,55-/m1/s1. The third-order valence-electron chi connectivity index (χ3n) is 16.7. The number of nitrogens with zero attached hydrogens (tertiary/aromatic N) is 5. The van der Waals surface area contributed by atoms with E-state index in [1.54, 1.807) is 102 Å². The summed E-state index contributed by atoms with van der Waals surface area (Å²) in [6.45, 7) is 16.7. The summed E-state index contributed by atoms with van der Waals surface area (Å²) in [5.41, 5.74) is -2.67. The van der Waals surface area contributed by atoms with Crippen molar-refractivity contribution in [2.24, 2.45) is 23.7 Å². The fourth-order valence-corrected chi connectivity index (χ4v) is 11.6. The molecule has 0 spiro atoms. The number of rotatable bonds is 19. The van der Waals surface area contributed by atoms with Crippen LogP contribution in [0.1, 0.15) is 125 Å². The number of ether oxygens (including phenoxy) is 7. The van der Waals surface area contributed by atoms with E-state index in [9.17, 15) is 44.3 Å². The van der Waals surface area contributed by atoms with Gasteiger partial charge in [-0.05, 0) is 99.1 Å². The maximum absolute atomic E-state index is 14.6. The van der Waals surface area contributed by atoms with Gasteiger partial charge in [-0.2, -0.15) is 0 Å². The molecule has 0 saturated carbocycles. The van der Waals surface area contributed by atoms with Crippen molar-refractivity contribution in [1.82, 2.24) is 30.1 Å². The lowest BCUT2D eigenvalue weighted by atomic mass is 9.73. The average Bonchev–Trinajstić information content (AvgIpc) is 3.88. The summed E-state index contributed by atoms with van der Waals surface area (Å²) in [6.07, 6.45) is -10.4. The van der Waals surface area contributed by atoms with Crippen LogP contribution in [-0.4, -0.2) is 207 Å². The van der Waals surface area contributed by atoms with Crippen LogP contribution in [0.15, 0.2) is 30.5 Å². The highest BCUT2D eigenvalue weighted by molar-refractivity contribution is 5.83. The van der Waals surface area contributed by atoms with E-state index in [-0.39, 0.29) is 44.4 Å². The molecule has 3 aliphatic rings. The minimum absolute atomic E-state index is 0.00432. The Hall–Kier alpha value is -3.62. The number of aliphatic hydroxyl groups excluding tert-OH is 4.